The van der Waals surface area contributed by atoms with Gasteiger partial charge in [-0.15, -0.1) is 0 Å². The Hall–Kier alpha value is -2.78. The van der Waals surface area contributed by atoms with Crippen molar-refractivity contribution in [3.8, 4) is 11.5 Å². The molecule has 2 aromatic rings. The van der Waals surface area contributed by atoms with E-state index in [1.807, 2.05) is 0 Å². The molecule has 2 aromatic carbocycles. The third-order valence-electron chi connectivity index (χ3n) is 3.95. The summed E-state index contributed by atoms with van der Waals surface area (Å²) in [5, 5.41) is 2.75. The highest BCUT2D eigenvalue weighted by Crippen LogP contribution is 2.34. The first-order chi connectivity index (χ1) is 13.0. The van der Waals surface area contributed by atoms with Crippen LogP contribution in [0.1, 0.15) is 23.2 Å². The molecule has 0 bridgehead atoms. The quantitative estimate of drug-likeness (QED) is 0.589. The van der Waals surface area contributed by atoms with Crippen LogP contribution >= 0.6 is 0 Å². The van der Waals surface area contributed by atoms with E-state index in [1.165, 1.54) is 18.2 Å². The van der Waals surface area contributed by atoms with Crippen LogP contribution in [0.2, 0.25) is 0 Å². The molecule has 0 unspecified atom stereocenters. The van der Waals surface area contributed by atoms with Gasteiger partial charge in [-0.1, -0.05) is 6.07 Å². The van der Waals surface area contributed by atoms with E-state index in [0.717, 1.165) is 12.8 Å². The highest BCUT2D eigenvalue weighted by molar-refractivity contribution is 7.92. The molecule has 1 aliphatic rings. The summed E-state index contributed by atoms with van der Waals surface area (Å²) in [4.78, 5) is 12.2. The van der Waals surface area contributed by atoms with Gasteiger partial charge in [0.2, 0.25) is 6.79 Å². The summed E-state index contributed by atoms with van der Waals surface area (Å²) >= 11 is 0. The van der Waals surface area contributed by atoms with E-state index in [9.17, 15) is 13.2 Å². The van der Waals surface area contributed by atoms with Crippen molar-refractivity contribution in [3.05, 3.63) is 48.0 Å². The van der Waals surface area contributed by atoms with Gasteiger partial charge in [0.1, 0.15) is 0 Å². The maximum absolute atomic E-state index is 12.6. The zero-order chi connectivity index (χ0) is 19.3. The molecule has 3 rings (SSSR count). The summed E-state index contributed by atoms with van der Waals surface area (Å²) in [6, 6.07) is 10.6. The fourth-order valence-corrected chi connectivity index (χ4v) is 3.65. The highest BCUT2D eigenvalue weighted by Gasteiger charge is 2.19. The first-order valence-corrected chi connectivity index (χ1v) is 9.99. The Morgan fingerprint density at radius 1 is 1.07 bits per heavy atom. The van der Waals surface area contributed by atoms with Crippen LogP contribution in [0.25, 0.3) is 0 Å². The molecule has 0 aromatic heterocycles. The number of nitrogens with two attached hydrogens (primary N) is 1. The molecule has 0 saturated heterocycles. The molecule has 144 valence electrons. The molecular formula is C18H21N3O5S. The van der Waals surface area contributed by atoms with E-state index in [1.54, 1.807) is 24.3 Å². The Kier molecular flexibility index (Phi) is 5.82. The van der Waals surface area contributed by atoms with Gasteiger partial charge in [0.25, 0.3) is 15.9 Å². The van der Waals surface area contributed by atoms with Gasteiger partial charge in [0.15, 0.2) is 11.5 Å². The summed E-state index contributed by atoms with van der Waals surface area (Å²) in [5.41, 5.74) is 6.03. The number of sulfonamides is 1. The van der Waals surface area contributed by atoms with Crippen LogP contribution in [0.3, 0.4) is 0 Å². The van der Waals surface area contributed by atoms with Crippen molar-refractivity contribution in [2.24, 2.45) is 5.73 Å². The molecule has 1 aliphatic heterocycles. The summed E-state index contributed by atoms with van der Waals surface area (Å²) in [6.45, 7) is 1.16. The van der Waals surface area contributed by atoms with Crippen molar-refractivity contribution in [2.75, 3.05) is 24.6 Å². The number of nitrogens with one attached hydrogen (secondary N) is 2. The molecule has 4 N–H and O–H groups in total. The summed E-state index contributed by atoms with van der Waals surface area (Å²) in [5.74, 6) is 0.708. The van der Waals surface area contributed by atoms with Crippen molar-refractivity contribution in [3.63, 3.8) is 0 Å². The lowest BCUT2D eigenvalue weighted by Crippen LogP contribution is -2.25. The van der Waals surface area contributed by atoms with Gasteiger partial charge in [-0.05, 0) is 49.7 Å². The van der Waals surface area contributed by atoms with E-state index >= 15 is 0 Å². The monoisotopic (exact) mass is 391 g/mol. The number of unbranched alkanes of at least 4 members (excludes halogenated alkanes) is 1. The zero-order valence-electron chi connectivity index (χ0n) is 14.6. The number of rotatable bonds is 8. The normalized spacial score (nSPS) is 12.6. The van der Waals surface area contributed by atoms with E-state index in [-0.39, 0.29) is 23.2 Å². The number of anilines is 1. The minimum Gasteiger partial charge on any atom is -0.454 e. The van der Waals surface area contributed by atoms with Crippen LogP contribution in [0.15, 0.2) is 47.4 Å². The van der Waals surface area contributed by atoms with Crippen LogP contribution in [0.5, 0.6) is 11.5 Å². The molecule has 0 radical (unpaired) electrons. The number of benzene rings is 2. The number of carbonyl (C=O) groups is 1. The number of ether oxygens (including phenoxy) is 2. The molecule has 0 atom stereocenters. The Balaban J connectivity index is 1.72. The van der Waals surface area contributed by atoms with Crippen molar-refractivity contribution in [1.29, 1.82) is 0 Å². The molecule has 0 aliphatic carbocycles. The number of hydrogen-bond donors (Lipinski definition) is 3. The van der Waals surface area contributed by atoms with Crippen molar-refractivity contribution < 1.29 is 22.7 Å². The minimum absolute atomic E-state index is 0.00484. The van der Waals surface area contributed by atoms with Gasteiger partial charge in [0, 0.05) is 18.2 Å². The topological polar surface area (TPSA) is 120 Å². The molecule has 0 fully saturated rings. The second-order valence-corrected chi connectivity index (χ2v) is 7.64. The lowest BCUT2D eigenvalue weighted by molar-refractivity contribution is 0.0953. The van der Waals surface area contributed by atoms with Crippen LogP contribution < -0.4 is 25.2 Å². The standard InChI is InChI=1S/C18H21N3O5S/c19-8-1-2-9-20-18(22)13-4-3-5-15(10-13)27(23,24)21-14-6-7-16-17(11-14)26-12-25-16/h3-7,10-11,21H,1-2,8-9,12,19H2,(H,20,22). The van der Waals surface area contributed by atoms with E-state index < -0.39 is 10.0 Å². The first-order valence-electron chi connectivity index (χ1n) is 8.50. The average Bonchev–Trinajstić information content (AvgIpc) is 3.12. The molecule has 0 spiro atoms. The number of hydrogen-bond acceptors (Lipinski definition) is 6. The summed E-state index contributed by atoms with van der Waals surface area (Å²) in [7, 11) is -3.86. The molecule has 8 nitrogen and oxygen atoms in total. The molecular weight excluding hydrogens is 370 g/mol. The Morgan fingerprint density at radius 3 is 2.70 bits per heavy atom. The third-order valence-corrected chi connectivity index (χ3v) is 5.33. The highest BCUT2D eigenvalue weighted by atomic mass is 32.2. The molecule has 27 heavy (non-hydrogen) atoms. The van der Waals surface area contributed by atoms with E-state index in [2.05, 4.69) is 10.0 Å². The number of fused-ring (bicyclic) bond motifs is 1. The fraction of sp³-hybridized carbons (Fsp3) is 0.278. The van der Waals surface area contributed by atoms with Crippen LogP contribution in [0.4, 0.5) is 5.69 Å². The average molecular weight is 391 g/mol. The van der Waals surface area contributed by atoms with E-state index in [4.69, 9.17) is 15.2 Å². The molecule has 0 saturated carbocycles. The number of amides is 1. The van der Waals surface area contributed by atoms with Gasteiger partial charge in [-0.2, -0.15) is 0 Å². The predicted octanol–water partition coefficient (Wildman–Crippen LogP) is 1.68. The van der Waals surface area contributed by atoms with Gasteiger partial charge in [0.05, 0.1) is 10.6 Å². The molecule has 1 amide bonds. The lowest BCUT2D eigenvalue weighted by Gasteiger charge is -2.10. The van der Waals surface area contributed by atoms with Crippen molar-refractivity contribution >= 4 is 21.6 Å². The van der Waals surface area contributed by atoms with Crippen LogP contribution in [-0.4, -0.2) is 34.2 Å². The maximum Gasteiger partial charge on any atom is 0.261 e. The first kappa shape index (κ1) is 19.0. The molecule has 9 heteroatoms. The zero-order valence-corrected chi connectivity index (χ0v) is 15.4. The third kappa shape index (κ3) is 4.69. The van der Waals surface area contributed by atoms with Crippen molar-refractivity contribution in [1.82, 2.24) is 5.32 Å². The maximum atomic E-state index is 12.6. The predicted molar refractivity (Wildman–Crippen MR) is 100 cm³/mol. The fourth-order valence-electron chi connectivity index (χ4n) is 2.55. The Bertz CT molecular complexity index is 930. The largest absolute Gasteiger partial charge is 0.454 e. The van der Waals surface area contributed by atoms with Gasteiger partial charge < -0.3 is 20.5 Å². The Labute approximate surface area is 157 Å². The SMILES string of the molecule is NCCCCNC(=O)c1cccc(S(=O)(=O)Nc2ccc3c(c2)OCO3)c1. The van der Waals surface area contributed by atoms with Gasteiger partial charge >= 0.3 is 0 Å². The minimum atomic E-state index is -3.86. The Morgan fingerprint density at radius 2 is 1.89 bits per heavy atom. The second kappa shape index (κ2) is 8.28. The van der Waals surface area contributed by atoms with Gasteiger partial charge in [-0.3, -0.25) is 9.52 Å². The van der Waals surface area contributed by atoms with Crippen molar-refractivity contribution in [2.45, 2.75) is 17.7 Å². The molecule has 1 heterocycles. The number of carbonyl (C=O) groups excluding carboxylic acids is 1. The lowest BCUT2D eigenvalue weighted by atomic mass is 10.2. The summed E-state index contributed by atoms with van der Waals surface area (Å²) < 4.78 is 38.2. The van der Waals surface area contributed by atoms with Crippen LogP contribution in [0, 0.1) is 0 Å². The smallest absolute Gasteiger partial charge is 0.261 e. The second-order valence-electron chi connectivity index (χ2n) is 5.95. The van der Waals surface area contributed by atoms with Crippen LogP contribution in [-0.2, 0) is 10.0 Å². The van der Waals surface area contributed by atoms with Gasteiger partial charge in [-0.25, -0.2) is 8.42 Å². The van der Waals surface area contributed by atoms with E-state index in [0.29, 0.717) is 30.3 Å². The summed E-state index contributed by atoms with van der Waals surface area (Å²) in [6.07, 6.45) is 1.58.